The molecule has 1 aromatic rings. The van der Waals surface area contributed by atoms with Crippen LogP contribution in [0.25, 0.3) is 0 Å². The highest BCUT2D eigenvalue weighted by atomic mass is 19.4. The first-order valence-electron chi connectivity index (χ1n) is 3.88. The van der Waals surface area contributed by atoms with Crippen LogP contribution in [-0.2, 0) is 6.18 Å². The molecule has 1 aromatic carbocycles. The number of halogens is 3. The predicted molar refractivity (Wildman–Crippen MR) is 47.1 cm³/mol. The van der Waals surface area contributed by atoms with Gasteiger partial charge in [0.05, 0.1) is 12.8 Å². The lowest BCUT2D eigenvalue weighted by Gasteiger charge is -2.15. The highest BCUT2D eigenvalue weighted by Gasteiger charge is 2.37. The molecule has 0 atom stereocenters. The molecule has 0 radical (unpaired) electrons. The lowest BCUT2D eigenvalue weighted by Crippen LogP contribution is -2.12. The molecule has 1 rings (SSSR count). The maximum Gasteiger partial charge on any atom is 0.421 e. The zero-order chi connectivity index (χ0) is 10.9. The van der Waals surface area contributed by atoms with Crippen molar-refractivity contribution in [3.05, 3.63) is 23.3 Å². The first-order valence-corrected chi connectivity index (χ1v) is 3.88. The Balaban J connectivity index is 3.44. The van der Waals surface area contributed by atoms with Gasteiger partial charge in [0.25, 0.3) is 0 Å². The Kier molecular flexibility index (Phi) is 2.59. The van der Waals surface area contributed by atoms with Crippen molar-refractivity contribution in [2.24, 2.45) is 0 Å². The number of anilines is 1. The normalized spacial score (nSPS) is 11.5. The number of alkyl halides is 3. The van der Waals surface area contributed by atoms with Gasteiger partial charge in [0.15, 0.2) is 0 Å². The van der Waals surface area contributed by atoms with E-state index >= 15 is 0 Å². The molecule has 2 N–H and O–H groups in total. The van der Waals surface area contributed by atoms with E-state index in [0.717, 1.165) is 0 Å². The van der Waals surface area contributed by atoms with Crippen LogP contribution in [0, 0.1) is 6.92 Å². The van der Waals surface area contributed by atoms with E-state index in [1.165, 1.54) is 26.2 Å². The van der Waals surface area contributed by atoms with Crippen LogP contribution in [-0.4, -0.2) is 7.11 Å². The van der Waals surface area contributed by atoms with E-state index in [9.17, 15) is 13.2 Å². The zero-order valence-corrected chi connectivity index (χ0v) is 7.77. The molecular weight excluding hydrogens is 195 g/mol. The minimum absolute atomic E-state index is 0.249. The fourth-order valence-corrected chi connectivity index (χ4v) is 1.17. The Morgan fingerprint density at radius 1 is 1.29 bits per heavy atom. The smallest absolute Gasteiger partial charge is 0.421 e. The Morgan fingerprint density at radius 2 is 1.86 bits per heavy atom. The van der Waals surface area contributed by atoms with Crippen LogP contribution in [0.2, 0.25) is 0 Å². The summed E-state index contributed by atoms with van der Waals surface area (Å²) in [5, 5.41) is 0. The quantitative estimate of drug-likeness (QED) is 0.715. The van der Waals surface area contributed by atoms with Gasteiger partial charge < -0.3 is 10.5 Å². The van der Waals surface area contributed by atoms with Crippen LogP contribution < -0.4 is 10.5 Å². The van der Waals surface area contributed by atoms with Crippen LogP contribution in [0.1, 0.15) is 11.1 Å². The number of nitrogen functional groups attached to an aromatic ring is 1. The van der Waals surface area contributed by atoms with E-state index < -0.39 is 11.7 Å². The SMILES string of the molecule is COc1ccc(C)c(N)c1C(F)(F)F. The van der Waals surface area contributed by atoms with E-state index in [2.05, 4.69) is 4.74 Å². The van der Waals surface area contributed by atoms with Gasteiger partial charge in [0.2, 0.25) is 0 Å². The molecule has 5 heteroatoms. The molecule has 0 aromatic heterocycles. The second kappa shape index (κ2) is 3.40. The van der Waals surface area contributed by atoms with Gasteiger partial charge >= 0.3 is 6.18 Å². The summed E-state index contributed by atoms with van der Waals surface area (Å²) < 4.78 is 42.2. The first-order chi connectivity index (χ1) is 6.38. The molecule has 14 heavy (non-hydrogen) atoms. The van der Waals surface area contributed by atoms with Gasteiger partial charge in [-0.05, 0) is 18.6 Å². The largest absolute Gasteiger partial charge is 0.496 e. The van der Waals surface area contributed by atoms with E-state index in [0.29, 0.717) is 5.56 Å². The highest BCUT2D eigenvalue weighted by molar-refractivity contribution is 5.60. The molecule has 0 heterocycles. The fourth-order valence-electron chi connectivity index (χ4n) is 1.17. The Hall–Kier alpha value is -1.39. The number of hydrogen-bond acceptors (Lipinski definition) is 2. The number of methoxy groups -OCH3 is 1. The number of aryl methyl sites for hydroxylation is 1. The van der Waals surface area contributed by atoms with Crippen molar-refractivity contribution < 1.29 is 17.9 Å². The molecular formula is C9H10F3NO. The van der Waals surface area contributed by atoms with Crippen LogP contribution >= 0.6 is 0 Å². The monoisotopic (exact) mass is 205 g/mol. The first kappa shape index (κ1) is 10.7. The van der Waals surface area contributed by atoms with Crippen molar-refractivity contribution in [3.8, 4) is 5.75 Å². The molecule has 0 aliphatic carbocycles. The van der Waals surface area contributed by atoms with Crippen LogP contribution in [0.15, 0.2) is 12.1 Å². The van der Waals surface area contributed by atoms with Crippen molar-refractivity contribution in [3.63, 3.8) is 0 Å². The molecule has 0 saturated heterocycles. The second-order valence-electron chi connectivity index (χ2n) is 2.87. The lowest BCUT2D eigenvalue weighted by atomic mass is 10.1. The van der Waals surface area contributed by atoms with E-state index in [1.54, 1.807) is 0 Å². The highest BCUT2D eigenvalue weighted by Crippen LogP contribution is 2.41. The molecule has 0 spiro atoms. The topological polar surface area (TPSA) is 35.2 Å². The third kappa shape index (κ3) is 1.76. The van der Waals surface area contributed by atoms with Gasteiger partial charge in [-0.15, -0.1) is 0 Å². The molecule has 2 nitrogen and oxygen atoms in total. The Labute approximate surface area is 79.5 Å². The zero-order valence-electron chi connectivity index (χ0n) is 7.77. The van der Waals surface area contributed by atoms with Gasteiger partial charge in [0, 0.05) is 0 Å². The summed E-state index contributed by atoms with van der Waals surface area (Å²) in [5.41, 5.74) is 4.55. The van der Waals surface area contributed by atoms with Gasteiger partial charge in [-0.3, -0.25) is 0 Å². The Morgan fingerprint density at radius 3 is 2.29 bits per heavy atom. The van der Waals surface area contributed by atoms with Gasteiger partial charge in [-0.1, -0.05) is 6.07 Å². The molecule has 0 aliphatic heterocycles. The number of rotatable bonds is 1. The fraction of sp³-hybridized carbons (Fsp3) is 0.333. The van der Waals surface area contributed by atoms with Crippen molar-refractivity contribution in [2.75, 3.05) is 12.8 Å². The summed E-state index contributed by atoms with van der Waals surface area (Å²) in [4.78, 5) is 0. The average molecular weight is 205 g/mol. The van der Waals surface area contributed by atoms with Crippen LogP contribution in [0.3, 0.4) is 0 Å². The van der Waals surface area contributed by atoms with Crippen molar-refractivity contribution in [2.45, 2.75) is 13.1 Å². The van der Waals surface area contributed by atoms with Crippen LogP contribution in [0.5, 0.6) is 5.75 Å². The minimum atomic E-state index is -4.48. The molecule has 0 amide bonds. The van der Waals surface area contributed by atoms with Crippen LogP contribution in [0.4, 0.5) is 18.9 Å². The lowest BCUT2D eigenvalue weighted by molar-refractivity contribution is -0.138. The summed E-state index contributed by atoms with van der Waals surface area (Å²) in [5.74, 6) is -0.249. The minimum Gasteiger partial charge on any atom is -0.496 e. The molecule has 0 aliphatic rings. The maximum absolute atomic E-state index is 12.5. The van der Waals surface area contributed by atoms with E-state index in [-0.39, 0.29) is 11.4 Å². The average Bonchev–Trinajstić information content (AvgIpc) is 2.07. The van der Waals surface area contributed by atoms with Crippen molar-refractivity contribution >= 4 is 5.69 Å². The van der Waals surface area contributed by atoms with E-state index in [1.807, 2.05) is 0 Å². The second-order valence-corrected chi connectivity index (χ2v) is 2.87. The summed E-state index contributed by atoms with van der Waals surface area (Å²) in [6.07, 6.45) is -4.48. The number of ether oxygens (including phenoxy) is 1. The van der Waals surface area contributed by atoms with E-state index in [4.69, 9.17) is 5.73 Å². The third-order valence-electron chi connectivity index (χ3n) is 1.93. The predicted octanol–water partition coefficient (Wildman–Crippen LogP) is 2.60. The summed E-state index contributed by atoms with van der Waals surface area (Å²) in [7, 11) is 1.18. The molecule has 0 fully saturated rings. The molecule has 0 unspecified atom stereocenters. The van der Waals surface area contributed by atoms with Gasteiger partial charge in [0.1, 0.15) is 11.3 Å². The maximum atomic E-state index is 12.5. The molecule has 0 bridgehead atoms. The number of nitrogens with two attached hydrogens (primary N) is 1. The van der Waals surface area contributed by atoms with Gasteiger partial charge in [-0.2, -0.15) is 13.2 Å². The van der Waals surface area contributed by atoms with Crippen molar-refractivity contribution in [1.29, 1.82) is 0 Å². The Bertz CT molecular complexity index is 347. The standard InChI is InChI=1S/C9H10F3NO/c1-5-3-4-6(14-2)7(8(5)13)9(10,11)12/h3-4H,13H2,1-2H3. The van der Waals surface area contributed by atoms with Gasteiger partial charge in [-0.25, -0.2) is 0 Å². The summed E-state index contributed by atoms with van der Waals surface area (Å²) in [6.45, 7) is 1.52. The third-order valence-corrected chi connectivity index (χ3v) is 1.93. The molecule has 0 saturated carbocycles. The van der Waals surface area contributed by atoms with Crippen molar-refractivity contribution in [1.82, 2.24) is 0 Å². The summed E-state index contributed by atoms with van der Waals surface area (Å²) in [6, 6.07) is 2.75. The summed E-state index contributed by atoms with van der Waals surface area (Å²) >= 11 is 0. The molecule has 78 valence electrons. The number of benzene rings is 1. The number of hydrogen-bond donors (Lipinski definition) is 1.